The first-order valence-corrected chi connectivity index (χ1v) is 8.49. The first-order chi connectivity index (χ1) is 11.8. The number of rotatable bonds is 5. The van der Waals surface area contributed by atoms with Crippen molar-refractivity contribution in [2.75, 3.05) is 6.54 Å². The predicted molar refractivity (Wildman–Crippen MR) is 82.1 cm³/mol. The molecule has 0 spiro atoms. The van der Waals surface area contributed by atoms with Gasteiger partial charge in [0.05, 0.1) is 37.4 Å². The van der Waals surface area contributed by atoms with Gasteiger partial charge in [-0.05, 0) is 18.9 Å². The van der Waals surface area contributed by atoms with E-state index in [0.29, 0.717) is 25.3 Å². The molecule has 1 N–H and O–H groups in total. The quantitative estimate of drug-likeness (QED) is 0.875. The summed E-state index contributed by atoms with van der Waals surface area (Å²) in [5.41, 5.74) is 1.48. The number of amides is 2. The van der Waals surface area contributed by atoms with E-state index in [1.54, 1.807) is 10.7 Å². The van der Waals surface area contributed by atoms with Gasteiger partial charge in [-0.2, -0.15) is 18.3 Å². The Hall–Kier alpha value is -2.06. The summed E-state index contributed by atoms with van der Waals surface area (Å²) < 4.78 is 38.1. The highest BCUT2D eigenvalue weighted by Crippen LogP contribution is 2.29. The highest BCUT2D eigenvalue weighted by molar-refractivity contribution is 5.79. The number of nitrogens with zero attached hydrogens (tertiary/aromatic N) is 3. The number of carbonyl (C=O) groups excluding carboxylic acids is 2. The maximum atomic E-state index is 12.3. The van der Waals surface area contributed by atoms with Gasteiger partial charge in [0.25, 0.3) is 0 Å². The number of alkyl halides is 3. The van der Waals surface area contributed by atoms with Crippen LogP contribution in [0.15, 0.2) is 6.07 Å². The van der Waals surface area contributed by atoms with Crippen molar-refractivity contribution in [3.8, 4) is 0 Å². The zero-order valence-corrected chi connectivity index (χ0v) is 13.8. The fraction of sp³-hybridized carbons (Fsp3) is 0.688. The van der Waals surface area contributed by atoms with Crippen molar-refractivity contribution in [2.24, 2.45) is 5.92 Å². The number of fused-ring (bicyclic) bond motifs is 1. The number of hydrogen-bond acceptors (Lipinski definition) is 3. The monoisotopic (exact) mass is 358 g/mol. The Morgan fingerprint density at radius 2 is 2.04 bits per heavy atom. The van der Waals surface area contributed by atoms with E-state index in [0.717, 1.165) is 25.0 Å². The normalized spacial score (nSPS) is 17.8. The van der Waals surface area contributed by atoms with E-state index in [2.05, 4.69) is 10.4 Å². The van der Waals surface area contributed by atoms with Crippen LogP contribution in [0.25, 0.3) is 0 Å². The van der Waals surface area contributed by atoms with Gasteiger partial charge in [0.15, 0.2) is 0 Å². The second-order valence-electron chi connectivity index (χ2n) is 6.63. The average Bonchev–Trinajstić information content (AvgIpc) is 2.90. The van der Waals surface area contributed by atoms with E-state index in [-0.39, 0.29) is 18.4 Å². The van der Waals surface area contributed by atoms with E-state index in [4.69, 9.17) is 0 Å². The molecule has 1 aliphatic heterocycles. The molecule has 0 unspecified atom stereocenters. The van der Waals surface area contributed by atoms with Crippen LogP contribution in [0, 0.1) is 5.92 Å². The van der Waals surface area contributed by atoms with Gasteiger partial charge in [-0.1, -0.05) is 6.42 Å². The van der Waals surface area contributed by atoms with Crippen LogP contribution in [0.1, 0.15) is 43.5 Å². The topological polar surface area (TPSA) is 67.2 Å². The van der Waals surface area contributed by atoms with E-state index in [1.807, 2.05) is 4.90 Å². The van der Waals surface area contributed by atoms with E-state index in [9.17, 15) is 22.8 Å². The summed E-state index contributed by atoms with van der Waals surface area (Å²) in [7, 11) is 0. The number of halogens is 3. The lowest BCUT2D eigenvalue weighted by Crippen LogP contribution is -2.43. The second kappa shape index (κ2) is 7.05. The Kier molecular flexibility index (Phi) is 5.01. The van der Waals surface area contributed by atoms with Crippen molar-refractivity contribution in [3.05, 3.63) is 17.5 Å². The molecule has 1 aromatic rings. The standard InChI is InChI=1S/C16H21F3N4O2/c17-16(18,19)5-4-14(24)20-9-12-8-13-10-22(6-7-23(13)21-12)15(25)11-2-1-3-11/h8,11H,1-7,9-10H2,(H,20,24). The summed E-state index contributed by atoms with van der Waals surface area (Å²) in [4.78, 5) is 25.6. The third-order valence-electron chi connectivity index (χ3n) is 4.72. The largest absolute Gasteiger partial charge is 0.389 e. The van der Waals surface area contributed by atoms with Crippen molar-refractivity contribution in [3.63, 3.8) is 0 Å². The van der Waals surface area contributed by atoms with Crippen molar-refractivity contribution in [1.82, 2.24) is 20.0 Å². The minimum Gasteiger partial charge on any atom is -0.350 e. The third kappa shape index (κ3) is 4.52. The van der Waals surface area contributed by atoms with E-state index < -0.39 is 24.9 Å². The Labute approximate surface area is 143 Å². The van der Waals surface area contributed by atoms with Crippen LogP contribution in [0.4, 0.5) is 13.2 Å². The zero-order valence-electron chi connectivity index (χ0n) is 13.8. The second-order valence-corrected chi connectivity index (χ2v) is 6.63. The molecule has 0 saturated heterocycles. The van der Waals surface area contributed by atoms with Crippen molar-refractivity contribution >= 4 is 11.8 Å². The Bertz CT molecular complexity index is 652. The lowest BCUT2D eigenvalue weighted by Gasteiger charge is -2.34. The molecule has 0 atom stereocenters. The molecule has 1 aliphatic carbocycles. The summed E-state index contributed by atoms with van der Waals surface area (Å²) in [6.45, 7) is 1.79. The van der Waals surface area contributed by atoms with Crippen molar-refractivity contribution < 1.29 is 22.8 Å². The van der Waals surface area contributed by atoms with Gasteiger partial charge >= 0.3 is 6.18 Å². The summed E-state index contributed by atoms with van der Waals surface area (Å²) in [5.74, 6) is -0.298. The molecule has 2 heterocycles. The van der Waals surface area contributed by atoms with Gasteiger partial charge < -0.3 is 10.2 Å². The molecule has 138 valence electrons. The van der Waals surface area contributed by atoms with Gasteiger partial charge in [-0.3, -0.25) is 14.3 Å². The van der Waals surface area contributed by atoms with Gasteiger partial charge in [0.1, 0.15) is 0 Å². The maximum Gasteiger partial charge on any atom is 0.389 e. The van der Waals surface area contributed by atoms with Crippen molar-refractivity contribution in [2.45, 2.75) is 57.9 Å². The van der Waals surface area contributed by atoms with Gasteiger partial charge in [-0.25, -0.2) is 0 Å². The summed E-state index contributed by atoms with van der Waals surface area (Å²) in [6, 6.07) is 1.80. The fourth-order valence-corrected chi connectivity index (χ4v) is 3.05. The van der Waals surface area contributed by atoms with Crippen LogP contribution in [0.3, 0.4) is 0 Å². The van der Waals surface area contributed by atoms with Crippen LogP contribution < -0.4 is 5.32 Å². The number of hydrogen-bond donors (Lipinski definition) is 1. The van der Waals surface area contributed by atoms with Crippen LogP contribution in [-0.2, 0) is 29.2 Å². The van der Waals surface area contributed by atoms with Gasteiger partial charge in [-0.15, -0.1) is 0 Å². The molecule has 6 nitrogen and oxygen atoms in total. The summed E-state index contributed by atoms with van der Waals surface area (Å²) in [5, 5.41) is 6.80. The molecule has 3 rings (SSSR count). The van der Waals surface area contributed by atoms with Crippen LogP contribution in [-0.4, -0.2) is 39.2 Å². The molecule has 25 heavy (non-hydrogen) atoms. The number of nitrogens with one attached hydrogen (secondary N) is 1. The predicted octanol–water partition coefficient (Wildman–Crippen LogP) is 1.98. The van der Waals surface area contributed by atoms with Crippen LogP contribution in [0.5, 0.6) is 0 Å². The molecular weight excluding hydrogens is 337 g/mol. The molecular formula is C16H21F3N4O2. The van der Waals surface area contributed by atoms with Gasteiger partial charge in [0.2, 0.25) is 11.8 Å². The molecule has 1 saturated carbocycles. The summed E-state index contributed by atoms with van der Waals surface area (Å²) in [6.07, 6.45) is -3.01. The summed E-state index contributed by atoms with van der Waals surface area (Å²) >= 11 is 0. The molecule has 0 radical (unpaired) electrons. The number of aromatic nitrogens is 2. The smallest absolute Gasteiger partial charge is 0.350 e. The highest BCUT2D eigenvalue weighted by Gasteiger charge is 2.31. The Morgan fingerprint density at radius 3 is 2.68 bits per heavy atom. The average molecular weight is 358 g/mol. The van der Waals surface area contributed by atoms with E-state index >= 15 is 0 Å². The minimum atomic E-state index is -4.33. The first kappa shape index (κ1) is 17.8. The Morgan fingerprint density at radius 1 is 1.28 bits per heavy atom. The van der Waals surface area contributed by atoms with Crippen molar-refractivity contribution in [1.29, 1.82) is 0 Å². The van der Waals surface area contributed by atoms with Crippen LogP contribution >= 0.6 is 0 Å². The van der Waals surface area contributed by atoms with Crippen LogP contribution in [0.2, 0.25) is 0 Å². The third-order valence-corrected chi connectivity index (χ3v) is 4.72. The zero-order chi connectivity index (χ0) is 18.0. The fourth-order valence-electron chi connectivity index (χ4n) is 3.05. The molecule has 0 aromatic carbocycles. The molecule has 1 fully saturated rings. The highest BCUT2D eigenvalue weighted by atomic mass is 19.4. The first-order valence-electron chi connectivity index (χ1n) is 8.49. The molecule has 0 bridgehead atoms. The maximum absolute atomic E-state index is 12.3. The SMILES string of the molecule is O=C(CCC(F)(F)F)NCc1cc2n(n1)CCN(C(=O)C1CCC1)C2. The number of carbonyl (C=O) groups is 2. The lowest BCUT2D eigenvalue weighted by atomic mass is 9.84. The Balaban J connectivity index is 1.50. The lowest BCUT2D eigenvalue weighted by molar-refractivity contribution is -0.144. The minimum absolute atomic E-state index is 0.0905. The van der Waals surface area contributed by atoms with Gasteiger partial charge in [0, 0.05) is 18.9 Å². The molecule has 2 amide bonds. The van der Waals surface area contributed by atoms with E-state index in [1.165, 1.54) is 0 Å². The molecule has 1 aromatic heterocycles. The molecule has 2 aliphatic rings. The molecule has 9 heteroatoms.